The summed E-state index contributed by atoms with van der Waals surface area (Å²) in [6.45, 7) is 0.292. The molecule has 1 aromatic carbocycles. The van der Waals surface area contributed by atoms with Gasteiger partial charge in [-0.2, -0.15) is 13.2 Å². The van der Waals surface area contributed by atoms with Crippen LogP contribution in [0.5, 0.6) is 0 Å². The van der Waals surface area contributed by atoms with E-state index in [-0.39, 0.29) is 32.1 Å². The molecule has 20 heavy (non-hydrogen) atoms. The molecule has 0 aliphatic rings. The van der Waals surface area contributed by atoms with Gasteiger partial charge in [0, 0.05) is 6.54 Å². The first-order chi connectivity index (χ1) is 9.45. The van der Waals surface area contributed by atoms with E-state index in [4.69, 9.17) is 9.84 Å². The first-order valence-electron chi connectivity index (χ1n) is 5.85. The Morgan fingerprint density at radius 2 is 1.95 bits per heavy atom. The summed E-state index contributed by atoms with van der Waals surface area (Å²) >= 11 is 0. The van der Waals surface area contributed by atoms with Gasteiger partial charge in [0.15, 0.2) is 0 Å². The average Bonchev–Trinajstić information content (AvgIpc) is 2.38. The summed E-state index contributed by atoms with van der Waals surface area (Å²) in [5.74, 6) is 0. The minimum absolute atomic E-state index is 0.125. The van der Waals surface area contributed by atoms with Crippen LogP contribution in [0.1, 0.15) is 5.56 Å². The fourth-order valence-corrected chi connectivity index (χ4v) is 1.41. The van der Waals surface area contributed by atoms with Gasteiger partial charge in [-0.25, -0.2) is 4.79 Å². The third-order valence-electron chi connectivity index (χ3n) is 2.25. The van der Waals surface area contributed by atoms with Crippen LogP contribution in [-0.4, -0.2) is 37.5 Å². The SMILES string of the molecule is O=C(NCCOCCO)Nc1ccccc1C(F)(F)F. The second kappa shape index (κ2) is 7.71. The van der Waals surface area contributed by atoms with E-state index in [2.05, 4.69) is 10.6 Å². The van der Waals surface area contributed by atoms with Gasteiger partial charge in [0.25, 0.3) is 0 Å². The first kappa shape index (κ1) is 16.3. The molecule has 0 unspecified atom stereocenters. The number of aliphatic hydroxyl groups is 1. The van der Waals surface area contributed by atoms with E-state index < -0.39 is 17.8 Å². The number of ether oxygens (including phenoxy) is 1. The summed E-state index contributed by atoms with van der Waals surface area (Å²) in [4.78, 5) is 11.4. The highest BCUT2D eigenvalue weighted by Crippen LogP contribution is 2.34. The summed E-state index contributed by atoms with van der Waals surface area (Å²) in [7, 11) is 0. The molecule has 0 spiro atoms. The molecule has 1 aromatic rings. The van der Waals surface area contributed by atoms with Gasteiger partial charge in [0.05, 0.1) is 31.1 Å². The van der Waals surface area contributed by atoms with Crippen LogP contribution in [0.2, 0.25) is 0 Å². The van der Waals surface area contributed by atoms with Gasteiger partial charge in [-0.05, 0) is 12.1 Å². The topological polar surface area (TPSA) is 70.6 Å². The van der Waals surface area contributed by atoms with Crippen molar-refractivity contribution in [1.29, 1.82) is 0 Å². The zero-order valence-electron chi connectivity index (χ0n) is 10.5. The van der Waals surface area contributed by atoms with Gasteiger partial charge >= 0.3 is 12.2 Å². The van der Waals surface area contributed by atoms with Crippen molar-refractivity contribution in [1.82, 2.24) is 5.32 Å². The van der Waals surface area contributed by atoms with Crippen molar-refractivity contribution in [3.8, 4) is 0 Å². The van der Waals surface area contributed by atoms with Crippen LogP contribution in [0.3, 0.4) is 0 Å². The summed E-state index contributed by atoms with van der Waals surface area (Å²) in [6.07, 6.45) is -4.53. The van der Waals surface area contributed by atoms with Crippen LogP contribution in [0.25, 0.3) is 0 Å². The molecule has 0 bridgehead atoms. The normalized spacial score (nSPS) is 11.2. The number of benzene rings is 1. The number of hydrogen-bond donors (Lipinski definition) is 3. The van der Waals surface area contributed by atoms with Gasteiger partial charge in [0.2, 0.25) is 0 Å². The zero-order valence-corrected chi connectivity index (χ0v) is 10.5. The number of anilines is 1. The van der Waals surface area contributed by atoms with Crippen molar-refractivity contribution in [2.75, 3.05) is 31.7 Å². The lowest BCUT2D eigenvalue weighted by molar-refractivity contribution is -0.136. The molecule has 3 N–H and O–H groups in total. The van der Waals surface area contributed by atoms with E-state index in [9.17, 15) is 18.0 Å². The van der Waals surface area contributed by atoms with E-state index >= 15 is 0 Å². The van der Waals surface area contributed by atoms with E-state index in [1.165, 1.54) is 18.2 Å². The maximum atomic E-state index is 12.7. The third kappa shape index (κ3) is 5.45. The van der Waals surface area contributed by atoms with Crippen LogP contribution in [0.4, 0.5) is 23.7 Å². The highest BCUT2D eigenvalue weighted by Gasteiger charge is 2.33. The summed E-state index contributed by atoms with van der Waals surface area (Å²) in [6, 6.07) is 3.95. The Bertz CT molecular complexity index is 438. The molecule has 0 saturated heterocycles. The van der Waals surface area contributed by atoms with Crippen LogP contribution in [-0.2, 0) is 10.9 Å². The van der Waals surface area contributed by atoms with Crippen molar-refractivity contribution < 1.29 is 27.8 Å². The number of rotatable bonds is 6. The highest BCUT2D eigenvalue weighted by molar-refractivity contribution is 5.90. The van der Waals surface area contributed by atoms with E-state index in [0.717, 1.165) is 6.07 Å². The lowest BCUT2D eigenvalue weighted by Crippen LogP contribution is -2.32. The molecule has 0 aliphatic carbocycles. The van der Waals surface area contributed by atoms with Gasteiger partial charge in [-0.15, -0.1) is 0 Å². The Morgan fingerprint density at radius 3 is 2.60 bits per heavy atom. The second-order valence-electron chi connectivity index (χ2n) is 3.76. The fraction of sp³-hybridized carbons (Fsp3) is 0.417. The van der Waals surface area contributed by atoms with Crippen molar-refractivity contribution in [2.45, 2.75) is 6.18 Å². The Labute approximate surface area is 113 Å². The number of aliphatic hydroxyl groups excluding tert-OH is 1. The number of amides is 2. The molecule has 1 rings (SSSR count). The number of halogens is 3. The van der Waals surface area contributed by atoms with Gasteiger partial charge in [-0.1, -0.05) is 12.1 Å². The van der Waals surface area contributed by atoms with E-state index in [1.807, 2.05) is 0 Å². The van der Waals surface area contributed by atoms with Crippen LogP contribution in [0, 0.1) is 0 Å². The average molecular weight is 292 g/mol. The highest BCUT2D eigenvalue weighted by atomic mass is 19.4. The second-order valence-corrected chi connectivity index (χ2v) is 3.76. The first-order valence-corrected chi connectivity index (χ1v) is 5.85. The van der Waals surface area contributed by atoms with Crippen molar-refractivity contribution in [3.05, 3.63) is 29.8 Å². The molecule has 2 amide bonds. The number of hydrogen-bond acceptors (Lipinski definition) is 3. The maximum absolute atomic E-state index is 12.7. The molecule has 0 atom stereocenters. The molecule has 112 valence electrons. The molecule has 0 heterocycles. The zero-order chi connectivity index (χ0) is 15.0. The van der Waals surface area contributed by atoms with Crippen molar-refractivity contribution in [3.63, 3.8) is 0 Å². The number of carbonyl (C=O) groups is 1. The van der Waals surface area contributed by atoms with Crippen molar-refractivity contribution in [2.24, 2.45) is 0 Å². The minimum atomic E-state index is -4.53. The van der Waals surface area contributed by atoms with Crippen molar-refractivity contribution >= 4 is 11.7 Å². The Balaban J connectivity index is 2.50. The molecule has 0 aromatic heterocycles. The Hall–Kier alpha value is -1.80. The number of urea groups is 1. The predicted octanol–water partition coefficient (Wildman–Crippen LogP) is 1.84. The minimum Gasteiger partial charge on any atom is -0.394 e. The summed E-state index contributed by atoms with van der Waals surface area (Å²) in [5, 5.41) is 12.9. The van der Waals surface area contributed by atoms with E-state index in [0.29, 0.717) is 0 Å². The Morgan fingerprint density at radius 1 is 1.25 bits per heavy atom. The maximum Gasteiger partial charge on any atom is 0.418 e. The smallest absolute Gasteiger partial charge is 0.394 e. The molecule has 0 aliphatic heterocycles. The molecular weight excluding hydrogens is 277 g/mol. The molecular formula is C12H15F3N2O3. The third-order valence-corrected chi connectivity index (χ3v) is 2.25. The van der Waals surface area contributed by atoms with Crippen LogP contribution in [0.15, 0.2) is 24.3 Å². The largest absolute Gasteiger partial charge is 0.418 e. The number of para-hydroxylation sites is 1. The lowest BCUT2D eigenvalue weighted by atomic mass is 10.1. The number of nitrogens with one attached hydrogen (secondary N) is 2. The molecule has 0 saturated carbocycles. The lowest BCUT2D eigenvalue weighted by Gasteiger charge is -2.14. The van der Waals surface area contributed by atoms with Crippen LogP contribution < -0.4 is 10.6 Å². The fourth-order valence-electron chi connectivity index (χ4n) is 1.41. The Kier molecular flexibility index (Phi) is 6.26. The summed E-state index contributed by atoms with van der Waals surface area (Å²) in [5.41, 5.74) is -1.22. The molecule has 0 radical (unpaired) electrons. The molecule has 8 heteroatoms. The number of alkyl halides is 3. The van der Waals surface area contributed by atoms with E-state index in [1.54, 1.807) is 0 Å². The predicted molar refractivity (Wildman–Crippen MR) is 66.4 cm³/mol. The van der Waals surface area contributed by atoms with Gasteiger partial charge < -0.3 is 20.5 Å². The van der Waals surface area contributed by atoms with Gasteiger partial charge in [-0.3, -0.25) is 0 Å². The van der Waals surface area contributed by atoms with Gasteiger partial charge in [0.1, 0.15) is 0 Å². The molecule has 5 nitrogen and oxygen atoms in total. The number of carbonyl (C=O) groups excluding carboxylic acids is 1. The standard InChI is InChI=1S/C12H15F3N2O3/c13-12(14,15)9-3-1-2-4-10(9)17-11(19)16-5-7-20-8-6-18/h1-4,18H,5-8H2,(H2,16,17,19). The molecule has 0 fully saturated rings. The summed E-state index contributed by atoms with van der Waals surface area (Å²) < 4.78 is 42.9. The quantitative estimate of drug-likeness (QED) is 0.701. The van der Waals surface area contributed by atoms with Crippen LogP contribution >= 0.6 is 0 Å². The monoisotopic (exact) mass is 292 g/mol.